The average molecular weight is 254 g/mol. The van der Waals surface area contributed by atoms with Crippen LogP contribution in [0.25, 0.3) is 0 Å². The number of piperazine rings is 1. The Labute approximate surface area is 112 Å². The van der Waals surface area contributed by atoms with Gasteiger partial charge in [-0.1, -0.05) is 0 Å². The SMILES string of the molecule is CN1CCN(c2ccc(C#N)cc2)C(CC#N)C1=O. The van der Waals surface area contributed by atoms with Crippen LogP contribution in [-0.4, -0.2) is 37.0 Å². The summed E-state index contributed by atoms with van der Waals surface area (Å²) in [5.41, 5.74) is 1.46. The molecule has 1 fully saturated rings. The monoisotopic (exact) mass is 254 g/mol. The molecule has 2 rings (SSSR count). The number of hydrogen-bond acceptors (Lipinski definition) is 4. The fourth-order valence-electron chi connectivity index (χ4n) is 2.23. The molecule has 1 heterocycles. The van der Waals surface area contributed by atoms with E-state index in [4.69, 9.17) is 10.5 Å². The van der Waals surface area contributed by atoms with Gasteiger partial charge in [-0.2, -0.15) is 10.5 Å². The van der Waals surface area contributed by atoms with Crippen LogP contribution in [0.15, 0.2) is 24.3 Å². The van der Waals surface area contributed by atoms with Crippen molar-refractivity contribution in [1.29, 1.82) is 10.5 Å². The zero-order valence-electron chi connectivity index (χ0n) is 10.7. The van der Waals surface area contributed by atoms with Crippen molar-refractivity contribution >= 4 is 11.6 Å². The lowest BCUT2D eigenvalue weighted by Gasteiger charge is -2.39. The third kappa shape index (κ3) is 2.51. The molecule has 0 aliphatic carbocycles. The standard InChI is InChI=1S/C14H14N4O/c1-17-8-9-18(13(6-7-15)14(17)19)12-4-2-11(10-16)3-5-12/h2-5,13H,6,8-9H2,1H3. The van der Waals surface area contributed by atoms with Gasteiger partial charge in [0.2, 0.25) is 5.91 Å². The third-order valence-corrected chi connectivity index (χ3v) is 3.33. The molecule has 0 bridgehead atoms. The number of nitriles is 2. The van der Waals surface area contributed by atoms with Crippen LogP contribution >= 0.6 is 0 Å². The van der Waals surface area contributed by atoms with Crippen molar-refractivity contribution < 1.29 is 4.79 Å². The molecule has 0 N–H and O–H groups in total. The summed E-state index contributed by atoms with van der Waals surface area (Å²) in [7, 11) is 1.75. The van der Waals surface area contributed by atoms with Crippen LogP contribution in [0.4, 0.5) is 5.69 Å². The molecule has 5 nitrogen and oxygen atoms in total. The summed E-state index contributed by atoms with van der Waals surface area (Å²) < 4.78 is 0. The van der Waals surface area contributed by atoms with Gasteiger partial charge < -0.3 is 9.80 Å². The molecule has 1 aromatic carbocycles. The summed E-state index contributed by atoms with van der Waals surface area (Å²) in [6, 6.07) is 10.8. The van der Waals surface area contributed by atoms with E-state index in [0.717, 1.165) is 5.69 Å². The summed E-state index contributed by atoms with van der Waals surface area (Å²) in [6.45, 7) is 1.33. The van der Waals surface area contributed by atoms with Crippen molar-refractivity contribution in [2.24, 2.45) is 0 Å². The molecule has 0 radical (unpaired) electrons. The van der Waals surface area contributed by atoms with Crippen LogP contribution < -0.4 is 4.90 Å². The van der Waals surface area contributed by atoms with Crippen molar-refractivity contribution in [3.63, 3.8) is 0 Å². The molecule has 1 aromatic rings. The van der Waals surface area contributed by atoms with Crippen molar-refractivity contribution in [2.75, 3.05) is 25.0 Å². The van der Waals surface area contributed by atoms with E-state index >= 15 is 0 Å². The molecule has 0 spiro atoms. The van der Waals surface area contributed by atoms with Crippen LogP contribution in [0, 0.1) is 22.7 Å². The zero-order chi connectivity index (χ0) is 13.8. The first kappa shape index (κ1) is 12.9. The number of benzene rings is 1. The Kier molecular flexibility index (Phi) is 3.68. The highest BCUT2D eigenvalue weighted by molar-refractivity contribution is 5.86. The summed E-state index contributed by atoms with van der Waals surface area (Å²) in [5, 5.41) is 17.7. The normalized spacial score (nSPS) is 18.9. The second-order valence-corrected chi connectivity index (χ2v) is 4.49. The third-order valence-electron chi connectivity index (χ3n) is 3.33. The van der Waals surface area contributed by atoms with E-state index in [9.17, 15) is 4.79 Å². The molecule has 5 heteroatoms. The minimum atomic E-state index is -0.434. The molecule has 1 atom stereocenters. The fourth-order valence-corrected chi connectivity index (χ4v) is 2.23. The number of amides is 1. The van der Waals surface area contributed by atoms with Gasteiger partial charge in [0.15, 0.2) is 0 Å². The molecule has 19 heavy (non-hydrogen) atoms. The summed E-state index contributed by atoms with van der Waals surface area (Å²) in [4.78, 5) is 15.7. The maximum absolute atomic E-state index is 12.1. The molecular formula is C14H14N4O. The van der Waals surface area contributed by atoms with Gasteiger partial charge in [-0.3, -0.25) is 4.79 Å². The fraction of sp³-hybridized carbons (Fsp3) is 0.357. The highest BCUT2D eigenvalue weighted by Crippen LogP contribution is 2.23. The molecule has 1 aliphatic rings. The Hall–Kier alpha value is -2.53. The van der Waals surface area contributed by atoms with E-state index < -0.39 is 6.04 Å². The van der Waals surface area contributed by atoms with Gasteiger partial charge in [0.05, 0.1) is 24.1 Å². The Balaban J connectivity index is 2.28. The van der Waals surface area contributed by atoms with Crippen LogP contribution in [-0.2, 0) is 4.79 Å². The maximum Gasteiger partial charge on any atom is 0.246 e. The van der Waals surface area contributed by atoms with E-state index in [2.05, 4.69) is 12.1 Å². The molecule has 1 aliphatic heterocycles. The van der Waals surface area contributed by atoms with Crippen LogP contribution in [0.5, 0.6) is 0 Å². The predicted molar refractivity (Wildman–Crippen MR) is 70.2 cm³/mol. The van der Waals surface area contributed by atoms with E-state index in [0.29, 0.717) is 18.7 Å². The van der Waals surface area contributed by atoms with E-state index in [1.807, 2.05) is 17.0 Å². The van der Waals surface area contributed by atoms with Crippen molar-refractivity contribution in [2.45, 2.75) is 12.5 Å². The van der Waals surface area contributed by atoms with Gasteiger partial charge in [-0.15, -0.1) is 0 Å². The minimum Gasteiger partial charge on any atom is -0.357 e. The van der Waals surface area contributed by atoms with Gasteiger partial charge in [-0.25, -0.2) is 0 Å². The quantitative estimate of drug-likeness (QED) is 0.792. The smallest absolute Gasteiger partial charge is 0.246 e. The maximum atomic E-state index is 12.1. The average Bonchev–Trinajstić information content (AvgIpc) is 2.44. The Bertz CT molecular complexity index is 552. The number of rotatable bonds is 2. The molecule has 0 aromatic heterocycles. The summed E-state index contributed by atoms with van der Waals surface area (Å²) >= 11 is 0. The van der Waals surface area contributed by atoms with Crippen molar-refractivity contribution in [3.8, 4) is 12.1 Å². The number of nitrogens with zero attached hydrogens (tertiary/aromatic N) is 4. The van der Waals surface area contributed by atoms with Crippen LogP contribution in [0.1, 0.15) is 12.0 Å². The lowest BCUT2D eigenvalue weighted by molar-refractivity contribution is -0.132. The number of carbonyl (C=O) groups is 1. The van der Waals surface area contributed by atoms with Gasteiger partial charge in [0.25, 0.3) is 0 Å². The largest absolute Gasteiger partial charge is 0.357 e. The second-order valence-electron chi connectivity index (χ2n) is 4.49. The van der Waals surface area contributed by atoms with E-state index in [-0.39, 0.29) is 12.3 Å². The number of likely N-dealkylation sites (N-methyl/N-ethyl adjacent to an activating group) is 1. The molecular weight excluding hydrogens is 240 g/mol. The van der Waals surface area contributed by atoms with Crippen LogP contribution in [0.3, 0.4) is 0 Å². The van der Waals surface area contributed by atoms with Gasteiger partial charge in [0, 0.05) is 25.8 Å². The van der Waals surface area contributed by atoms with Gasteiger partial charge >= 0.3 is 0 Å². The molecule has 96 valence electrons. The molecule has 1 amide bonds. The first-order valence-electron chi connectivity index (χ1n) is 6.06. The molecule has 1 saturated heterocycles. The van der Waals surface area contributed by atoms with Crippen LogP contribution in [0.2, 0.25) is 0 Å². The molecule has 0 saturated carbocycles. The Morgan fingerprint density at radius 3 is 2.53 bits per heavy atom. The molecule has 1 unspecified atom stereocenters. The first-order valence-corrected chi connectivity index (χ1v) is 6.06. The van der Waals surface area contributed by atoms with Crippen molar-refractivity contribution in [3.05, 3.63) is 29.8 Å². The summed E-state index contributed by atoms with van der Waals surface area (Å²) in [5.74, 6) is -0.0304. The Morgan fingerprint density at radius 2 is 1.95 bits per heavy atom. The van der Waals surface area contributed by atoms with E-state index in [1.54, 1.807) is 24.1 Å². The summed E-state index contributed by atoms with van der Waals surface area (Å²) in [6.07, 6.45) is 0.170. The van der Waals surface area contributed by atoms with Crippen molar-refractivity contribution in [1.82, 2.24) is 4.90 Å². The lowest BCUT2D eigenvalue weighted by Crippen LogP contribution is -2.55. The zero-order valence-corrected chi connectivity index (χ0v) is 10.7. The minimum absolute atomic E-state index is 0.0304. The number of carbonyl (C=O) groups excluding carboxylic acids is 1. The lowest BCUT2D eigenvalue weighted by atomic mass is 10.1. The Morgan fingerprint density at radius 1 is 1.26 bits per heavy atom. The predicted octanol–water partition coefficient (Wildman–Crippen LogP) is 1.12. The highest BCUT2D eigenvalue weighted by atomic mass is 16.2. The topological polar surface area (TPSA) is 71.1 Å². The highest BCUT2D eigenvalue weighted by Gasteiger charge is 2.32. The van der Waals surface area contributed by atoms with Gasteiger partial charge in [-0.05, 0) is 24.3 Å². The number of anilines is 1. The second kappa shape index (κ2) is 5.41. The van der Waals surface area contributed by atoms with Gasteiger partial charge in [0.1, 0.15) is 6.04 Å². The van der Waals surface area contributed by atoms with E-state index in [1.165, 1.54) is 0 Å². The number of hydrogen-bond donors (Lipinski definition) is 0. The first-order chi connectivity index (χ1) is 9.17.